The van der Waals surface area contributed by atoms with Crippen LogP contribution in [0.15, 0.2) is 85.2 Å². The van der Waals surface area contributed by atoms with Gasteiger partial charge in [0.2, 0.25) is 0 Å². The maximum Gasteiger partial charge on any atom is 0.433 e. The maximum atomic E-state index is 13.4. The van der Waals surface area contributed by atoms with Gasteiger partial charge in [0.15, 0.2) is 11.5 Å². The van der Waals surface area contributed by atoms with Crippen molar-refractivity contribution in [2.24, 2.45) is 0 Å². The molecule has 0 atom stereocenters. The molecule has 0 bridgehead atoms. The van der Waals surface area contributed by atoms with E-state index < -0.39 is 11.9 Å². The van der Waals surface area contributed by atoms with Crippen LogP contribution >= 0.6 is 0 Å². The Kier molecular flexibility index (Phi) is 5.80. The van der Waals surface area contributed by atoms with E-state index in [1.54, 1.807) is 66.7 Å². The van der Waals surface area contributed by atoms with Gasteiger partial charge in [-0.15, -0.1) is 0 Å². The van der Waals surface area contributed by atoms with E-state index in [4.69, 9.17) is 0 Å². The number of benzene rings is 2. The molecule has 0 spiro atoms. The second kappa shape index (κ2) is 8.84. The van der Waals surface area contributed by atoms with E-state index in [2.05, 4.69) is 25.6 Å². The van der Waals surface area contributed by atoms with Crippen molar-refractivity contribution in [1.82, 2.24) is 15.0 Å². The predicted octanol–water partition coefficient (Wildman–Crippen LogP) is 5.55. The molecule has 2 aromatic carbocycles. The molecule has 2 N–H and O–H groups in total. The van der Waals surface area contributed by atoms with Crippen molar-refractivity contribution >= 4 is 23.1 Å². The van der Waals surface area contributed by atoms with Gasteiger partial charge in [0.25, 0.3) is 5.91 Å². The highest BCUT2D eigenvalue weighted by molar-refractivity contribution is 6.04. The quantitative estimate of drug-likeness (QED) is 0.429. The van der Waals surface area contributed by atoms with Crippen molar-refractivity contribution in [3.05, 3.63) is 96.4 Å². The molecule has 2 aromatic heterocycles. The lowest BCUT2D eigenvalue weighted by atomic mass is 10.2. The van der Waals surface area contributed by atoms with Gasteiger partial charge in [-0.2, -0.15) is 13.2 Å². The summed E-state index contributed by atoms with van der Waals surface area (Å²) in [6, 6.07) is 19.2. The number of anilines is 3. The second-order valence-electron chi connectivity index (χ2n) is 6.73. The maximum absolute atomic E-state index is 13.4. The first-order chi connectivity index (χ1) is 15.4. The molecule has 0 fully saturated rings. The van der Waals surface area contributed by atoms with Crippen LogP contribution in [-0.4, -0.2) is 20.9 Å². The molecule has 4 aromatic rings. The van der Waals surface area contributed by atoms with Gasteiger partial charge in [-0.05, 0) is 42.5 Å². The summed E-state index contributed by atoms with van der Waals surface area (Å²) in [5.74, 6) is -0.454. The molecule has 0 saturated heterocycles. The van der Waals surface area contributed by atoms with E-state index in [-0.39, 0.29) is 17.5 Å². The zero-order chi connectivity index (χ0) is 22.6. The van der Waals surface area contributed by atoms with Gasteiger partial charge in [-0.3, -0.25) is 9.78 Å². The number of halogens is 3. The fourth-order valence-corrected chi connectivity index (χ4v) is 2.90. The van der Waals surface area contributed by atoms with E-state index in [1.807, 2.05) is 0 Å². The number of amides is 1. The fraction of sp³-hybridized carbons (Fsp3) is 0.0435. The van der Waals surface area contributed by atoms with E-state index >= 15 is 0 Å². The lowest BCUT2D eigenvalue weighted by Crippen LogP contribution is -2.12. The SMILES string of the molecule is O=C(Nc1cccc(Nc2cc(C(F)(F)F)nc(-c3cccnc3)n2)c1)c1ccccc1. The lowest BCUT2D eigenvalue weighted by molar-refractivity contribution is -0.141. The summed E-state index contributed by atoms with van der Waals surface area (Å²) in [6.45, 7) is 0. The van der Waals surface area contributed by atoms with E-state index in [9.17, 15) is 18.0 Å². The zero-order valence-electron chi connectivity index (χ0n) is 16.5. The molecule has 160 valence electrons. The van der Waals surface area contributed by atoms with Crippen LogP contribution in [0.2, 0.25) is 0 Å². The normalized spacial score (nSPS) is 11.1. The molecule has 32 heavy (non-hydrogen) atoms. The summed E-state index contributed by atoms with van der Waals surface area (Å²) in [6.07, 6.45) is -1.76. The largest absolute Gasteiger partial charge is 0.433 e. The Labute approximate surface area is 181 Å². The summed E-state index contributed by atoms with van der Waals surface area (Å²) < 4.78 is 40.2. The van der Waals surface area contributed by atoms with Gasteiger partial charge in [0.1, 0.15) is 5.82 Å². The number of pyridine rings is 1. The Bertz CT molecular complexity index is 1230. The van der Waals surface area contributed by atoms with Gasteiger partial charge >= 0.3 is 6.18 Å². The van der Waals surface area contributed by atoms with Gasteiger partial charge in [0, 0.05) is 41.0 Å². The first-order valence-electron chi connectivity index (χ1n) is 9.49. The van der Waals surface area contributed by atoms with Crippen LogP contribution < -0.4 is 10.6 Å². The minimum Gasteiger partial charge on any atom is -0.340 e. The molecule has 9 heteroatoms. The van der Waals surface area contributed by atoms with Crippen LogP contribution in [-0.2, 0) is 6.18 Å². The van der Waals surface area contributed by atoms with Crippen LogP contribution in [0, 0.1) is 0 Å². The summed E-state index contributed by atoms with van der Waals surface area (Å²) in [5, 5.41) is 5.61. The number of hydrogen-bond donors (Lipinski definition) is 2. The van der Waals surface area contributed by atoms with Crippen LogP contribution in [0.5, 0.6) is 0 Å². The van der Waals surface area contributed by atoms with Crippen LogP contribution in [0.1, 0.15) is 16.1 Å². The first-order valence-corrected chi connectivity index (χ1v) is 9.49. The fourth-order valence-electron chi connectivity index (χ4n) is 2.90. The third kappa shape index (κ3) is 5.07. The molecule has 0 aliphatic heterocycles. The summed E-state index contributed by atoms with van der Waals surface area (Å²) in [7, 11) is 0. The minimum absolute atomic E-state index is 0.0438. The summed E-state index contributed by atoms with van der Waals surface area (Å²) in [5.41, 5.74) is 0.673. The standard InChI is InChI=1S/C23H16F3N5O/c24-23(25,26)19-13-20(31-21(30-19)16-8-5-11-27-14-16)28-17-9-4-10-18(12-17)29-22(32)15-6-2-1-3-7-15/h1-14H,(H,29,32)(H,28,30,31). The third-order valence-electron chi connectivity index (χ3n) is 4.37. The third-order valence-corrected chi connectivity index (χ3v) is 4.37. The van der Waals surface area contributed by atoms with Gasteiger partial charge < -0.3 is 10.6 Å². The van der Waals surface area contributed by atoms with Crippen LogP contribution in [0.3, 0.4) is 0 Å². The number of alkyl halides is 3. The minimum atomic E-state index is -4.65. The van der Waals surface area contributed by atoms with Crippen LogP contribution in [0.25, 0.3) is 11.4 Å². The van der Waals surface area contributed by atoms with E-state index in [0.29, 0.717) is 22.5 Å². The topological polar surface area (TPSA) is 79.8 Å². The Hall–Kier alpha value is -4.27. The second-order valence-corrected chi connectivity index (χ2v) is 6.73. The molecule has 0 unspecified atom stereocenters. The Balaban J connectivity index is 1.61. The van der Waals surface area contributed by atoms with Crippen molar-refractivity contribution in [3.63, 3.8) is 0 Å². The number of nitrogens with zero attached hydrogens (tertiary/aromatic N) is 3. The average molecular weight is 435 g/mol. The average Bonchev–Trinajstić information content (AvgIpc) is 2.80. The molecule has 1 amide bonds. The molecule has 0 saturated carbocycles. The molecule has 0 aliphatic rings. The van der Waals surface area contributed by atoms with Gasteiger partial charge in [-0.25, -0.2) is 9.97 Å². The Morgan fingerprint density at radius 1 is 0.844 bits per heavy atom. The molecular weight excluding hydrogens is 419 g/mol. The van der Waals surface area contributed by atoms with Crippen molar-refractivity contribution in [3.8, 4) is 11.4 Å². The molecular formula is C23H16F3N5O. The van der Waals surface area contributed by atoms with E-state index in [0.717, 1.165) is 6.07 Å². The number of carbonyl (C=O) groups is 1. The number of nitrogens with one attached hydrogen (secondary N) is 2. The van der Waals surface area contributed by atoms with Gasteiger partial charge in [-0.1, -0.05) is 24.3 Å². The number of carbonyl (C=O) groups excluding carboxylic acids is 1. The highest BCUT2D eigenvalue weighted by Gasteiger charge is 2.34. The molecule has 4 rings (SSSR count). The molecule has 2 heterocycles. The Morgan fingerprint density at radius 2 is 1.62 bits per heavy atom. The number of aromatic nitrogens is 3. The molecule has 6 nitrogen and oxygen atoms in total. The van der Waals surface area contributed by atoms with Gasteiger partial charge in [0.05, 0.1) is 0 Å². The predicted molar refractivity (Wildman–Crippen MR) is 114 cm³/mol. The monoisotopic (exact) mass is 435 g/mol. The summed E-state index contributed by atoms with van der Waals surface area (Å²) >= 11 is 0. The molecule has 0 aliphatic carbocycles. The lowest BCUT2D eigenvalue weighted by Gasteiger charge is -2.13. The zero-order valence-corrected chi connectivity index (χ0v) is 16.5. The smallest absolute Gasteiger partial charge is 0.340 e. The Morgan fingerprint density at radius 3 is 2.34 bits per heavy atom. The number of hydrogen-bond acceptors (Lipinski definition) is 5. The first kappa shape index (κ1) is 21.0. The highest BCUT2D eigenvalue weighted by Crippen LogP contribution is 2.31. The summed E-state index contributed by atoms with van der Waals surface area (Å²) in [4.78, 5) is 24.1. The highest BCUT2D eigenvalue weighted by atomic mass is 19.4. The van der Waals surface area contributed by atoms with Crippen molar-refractivity contribution < 1.29 is 18.0 Å². The van der Waals surface area contributed by atoms with Crippen molar-refractivity contribution in [1.29, 1.82) is 0 Å². The molecule has 0 radical (unpaired) electrons. The van der Waals surface area contributed by atoms with Crippen molar-refractivity contribution in [2.75, 3.05) is 10.6 Å². The number of rotatable bonds is 5. The van der Waals surface area contributed by atoms with Crippen LogP contribution in [0.4, 0.5) is 30.4 Å². The van der Waals surface area contributed by atoms with Crippen molar-refractivity contribution in [2.45, 2.75) is 6.18 Å². The van der Waals surface area contributed by atoms with E-state index in [1.165, 1.54) is 12.4 Å².